The number of nitrogens with zero attached hydrogens (tertiary/aromatic N) is 1. The molecule has 2 aromatic rings. The maximum absolute atomic E-state index is 10.9. The zero-order valence-corrected chi connectivity index (χ0v) is 13.1. The van der Waals surface area contributed by atoms with Crippen molar-refractivity contribution in [2.75, 3.05) is 0 Å². The maximum Gasteiger partial charge on any atom is 0.312 e. The Hall–Kier alpha value is -1.73. The van der Waals surface area contributed by atoms with Crippen LogP contribution >= 0.6 is 34.8 Å². The number of benzene rings is 2. The molecular weight excluding hydrogens is 355 g/mol. The van der Waals surface area contributed by atoms with Gasteiger partial charge in [0.15, 0.2) is 11.5 Å². The van der Waals surface area contributed by atoms with Crippen molar-refractivity contribution >= 4 is 40.5 Å². The molecule has 0 amide bonds. The lowest BCUT2D eigenvalue weighted by Crippen LogP contribution is -2.04. The number of nitro groups is 1. The SMILES string of the molecule is NOc1cc(Cl)cc(Cc2cc(Cl)cc([N+](=O)[O-])c2O)c1Cl. The first-order chi connectivity index (χ1) is 10.3. The van der Waals surface area contributed by atoms with Gasteiger partial charge in [0.25, 0.3) is 0 Å². The Morgan fingerprint density at radius 1 is 1.14 bits per heavy atom. The second kappa shape index (κ2) is 6.58. The smallest absolute Gasteiger partial charge is 0.312 e. The van der Waals surface area contributed by atoms with Gasteiger partial charge >= 0.3 is 5.69 Å². The normalized spacial score (nSPS) is 10.5. The molecule has 0 unspecified atom stereocenters. The van der Waals surface area contributed by atoms with Crippen LogP contribution < -0.4 is 10.7 Å². The molecule has 2 aromatic carbocycles. The minimum Gasteiger partial charge on any atom is -0.502 e. The largest absolute Gasteiger partial charge is 0.502 e. The Morgan fingerprint density at radius 3 is 2.32 bits per heavy atom. The second-order valence-corrected chi connectivity index (χ2v) is 5.61. The Bertz CT molecular complexity index is 753. The van der Waals surface area contributed by atoms with Crippen molar-refractivity contribution in [3.63, 3.8) is 0 Å². The lowest BCUT2D eigenvalue weighted by atomic mass is 10.0. The average Bonchev–Trinajstić information content (AvgIpc) is 2.45. The van der Waals surface area contributed by atoms with E-state index in [-0.39, 0.29) is 27.8 Å². The first-order valence-electron chi connectivity index (χ1n) is 5.84. The highest BCUT2D eigenvalue weighted by Crippen LogP contribution is 2.38. The van der Waals surface area contributed by atoms with Gasteiger partial charge in [-0.15, -0.1) is 0 Å². The summed E-state index contributed by atoms with van der Waals surface area (Å²) in [5.41, 5.74) is 0.212. The molecular formula is C13H9Cl3N2O4. The molecule has 22 heavy (non-hydrogen) atoms. The van der Waals surface area contributed by atoms with Crippen LogP contribution in [-0.2, 0) is 6.42 Å². The fraction of sp³-hybridized carbons (Fsp3) is 0.0769. The Balaban J connectivity index is 2.52. The zero-order chi connectivity index (χ0) is 16.4. The Labute approximate surface area is 140 Å². The predicted molar refractivity (Wildman–Crippen MR) is 83.9 cm³/mol. The molecule has 0 atom stereocenters. The van der Waals surface area contributed by atoms with Crippen LogP contribution in [0.2, 0.25) is 15.1 Å². The van der Waals surface area contributed by atoms with Crippen LogP contribution in [0, 0.1) is 10.1 Å². The minimum atomic E-state index is -0.723. The van der Waals surface area contributed by atoms with Crippen LogP contribution in [0.15, 0.2) is 24.3 Å². The van der Waals surface area contributed by atoms with E-state index >= 15 is 0 Å². The van der Waals surface area contributed by atoms with Gasteiger partial charge < -0.3 is 9.94 Å². The van der Waals surface area contributed by atoms with Crippen LogP contribution in [0.5, 0.6) is 11.5 Å². The molecule has 0 saturated heterocycles. The van der Waals surface area contributed by atoms with E-state index in [1.54, 1.807) is 6.07 Å². The van der Waals surface area contributed by atoms with Gasteiger partial charge in [-0.05, 0) is 17.7 Å². The van der Waals surface area contributed by atoms with Crippen molar-refractivity contribution in [1.82, 2.24) is 0 Å². The summed E-state index contributed by atoms with van der Waals surface area (Å²) in [4.78, 5) is 14.8. The van der Waals surface area contributed by atoms with E-state index in [0.717, 1.165) is 6.07 Å². The molecule has 9 heteroatoms. The van der Waals surface area contributed by atoms with Crippen molar-refractivity contribution in [2.24, 2.45) is 5.90 Å². The number of aromatic hydroxyl groups is 1. The summed E-state index contributed by atoms with van der Waals surface area (Å²) in [6.45, 7) is 0. The number of halogens is 3. The molecule has 0 aliphatic heterocycles. The monoisotopic (exact) mass is 362 g/mol. The van der Waals surface area contributed by atoms with Crippen LogP contribution in [-0.4, -0.2) is 10.0 Å². The summed E-state index contributed by atoms with van der Waals surface area (Å²) in [5, 5.41) is 21.5. The quantitative estimate of drug-likeness (QED) is 0.629. The number of phenols is 1. The second-order valence-electron chi connectivity index (χ2n) is 4.36. The van der Waals surface area contributed by atoms with E-state index in [9.17, 15) is 15.2 Å². The molecule has 0 radical (unpaired) electrons. The Morgan fingerprint density at radius 2 is 1.73 bits per heavy atom. The highest BCUT2D eigenvalue weighted by atomic mass is 35.5. The van der Waals surface area contributed by atoms with Gasteiger partial charge in [0, 0.05) is 34.2 Å². The number of phenolic OH excluding ortho intramolecular Hbond substituents is 1. The third-order valence-corrected chi connectivity index (χ3v) is 3.78. The van der Waals surface area contributed by atoms with Gasteiger partial charge in [0.05, 0.1) is 9.95 Å². The fourth-order valence-electron chi connectivity index (χ4n) is 1.95. The van der Waals surface area contributed by atoms with Crippen molar-refractivity contribution in [3.05, 3.63) is 60.6 Å². The van der Waals surface area contributed by atoms with E-state index in [2.05, 4.69) is 4.84 Å². The molecule has 6 nitrogen and oxygen atoms in total. The fourth-order valence-corrected chi connectivity index (χ4v) is 2.64. The van der Waals surface area contributed by atoms with E-state index in [4.69, 9.17) is 40.7 Å². The molecule has 0 aliphatic carbocycles. The van der Waals surface area contributed by atoms with Gasteiger partial charge in [0.1, 0.15) is 0 Å². The summed E-state index contributed by atoms with van der Waals surface area (Å²) >= 11 is 17.9. The topological polar surface area (TPSA) is 98.6 Å². The van der Waals surface area contributed by atoms with Crippen LogP contribution in [0.1, 0.15) is 11.1 Å². The van der Waals surface area contributed by atoms with Gasteiger partial charge in [-0.3, -0.25) is 10.1 Å². The lowest BCUT2D eigenvalue weighted by molar-refractivity contribution is -0.385. The molecule has 116 valence electrons. The standard InChI is InChI=1S/C13H9Cl3N2O4/c14-8-3-7(13(19)10(4-8)18(20)21)1-6-2-9(15)5-11(22-17)12(6)16/h2-5,19H,1,17H2. The third-order valence-electron chi connectivity index (χ3n) is 2.92. The highest BCUT2D eigenvalue weighted by Gasteiger charge is 2.20. The predicted octanol–water partition coefficient (Wildman–Crippen LogP) is 4.10. The van der Waals surface area contributed by atoms with Gasteiger partial charge in [-0.25, -0.2) is 0 Å². The number of hydrogen-bond acceptors (Lipinski definition) is 5. The van der Waals surface area contributed by atoms with Crippen molar-refractivity contribution < 1.29 is 14.9 Å². The molecule has 3 N–H and O–H groups in total. The van der Waals surface area contributed by atoms with E-state index in [1.807, 2.05) is 0 Å². The molecule has 0 aromatic heterocycles. The molecule has 0 spiro atoms. The van der Waals surface area contributed by atoms with E-state index in [1.165, 1.54) is 12.1 Å². The lowest BCUT2D eigenvalue weighted by Gasteiger charge is -2.11. The number of nitro benzene ring substituents is 1. The first-order valence-corrected chi connectivity index (χ1v) is 6.97. The highest BCUT2D eigenvalue weighted by molar-refractivity contribution is 6.35. The van der Waals surface area contributed by atoms with Crippen LogP contribution in [0.3, 0.4) is 0 Å². The number of nitrogens with two attached hydrogens (primary N) is 1. The van der Waals surface area contributed by atoms with Crippen LogP contribution in [0.4, 0.5) is 5.69 Å². The average molecular weight is 364 g/mol. The summed E-state index contributed by atoms with van der Waals surface area (Å²) in [7, 11) is 0. The first kappa shape index (κ1) is 16.6. The molecule has 2 rings (SSSR count). The summed E-state index contributed by atoms with van der Waals surface area (Å²) in [6.07, 6.45) is 0.0585. The van der Waals surface area contributed by atoms with E-state index in [0.29, 0.717) is 10.6 Å². The van der Waals surface area contributed by atoms with Gasteiger partial charge in [0.2, 0.25) is 0 Å². The molecule has 0 aliphatic rings. The van der Waals surface area contributed by atoms with Crippen molar-refractivity contribution in [3.8, 4) is 11.5 Å². The Kier molecular flexibility index (Phi) is 4.97. The van der Waals surface area contributed by atoms with Crippen molar-refractivity contribution in [1.29, 1.82) is 0 Å². The molecule has 0 bridgehead atoms. The van der Waals surface area contributed by atoms with Gasteiger partial charge in [-0.2, -0.15) is 5.90 Å². The molecule has 0 fully saturated rings. The van der Waals surface area contributed by atoms with E-state index < -0.39 is 16.4 Å². The molecule has 0 saturated carbocycles. The molecule has 0 heterocycles. The maximum atomic E-state index is 10.9. The van der Waals surface area contributed by atoms with Crippen LogP contribution in [0.25, 0.3) is 0 Å². The third kappa shape index (κ3) is 3.36. The zero-order valence-electron chi connectivity index (χ0n) is 10.8. The number of hydrogen-bond donors (Lipinski definition) is 2. The summed E-state index contributed by atoms with van der Waals surface area (Å²) in [5.74, 6) is 4.76. The number of rotatable bonds is 4. The summed E-state index contributed by atoms with van der Waals surface area (Å²) < 4.78 is 0. The summed E-state index contributed by atoms with van der Waals surface area (Å²) in [6, 6.07) is 5.44. The van der Waals surface area contributed by atoms with Gasteiger partial charge in [-0.1, -0.05) is 34.8 Å². The van der Waals surface area contributed by atoms with Crippen molar-refractivity contribution in [2.45, 2.75) is 6.42 Å². The minimum absolute atomic E-state index is 0.0585.